The SMILES string of the molecule is C#CC(CC)n1ccc2c1CC(C)(C)CC2O. The summed E-state index contributed by atoms with van der Waals surface area (Å²) in [5.74, 6) is 2.83. The molecule has 1 aromatic rings. The Morgan fingerprint density at radius 1 is 1.65 bits per heavy atom. The number of fused-ring (bicyclic) bond motifs is 1. The molecule has 1 heterocycles. The predicted octanol–water partition coefficient (Wildman–Crippen LogP) is 3.08. The second-order valence-corrected chi connectivity index (χ2v) is 5.78. The van der Waals surface area contributed by atoms with Crippen molar-refractivity contribution in [2.45, 2.75) is 52.2 Å². The van der Waals surface area contributed by atoms with E-state index in [9.17, 15) is 5.11 Å². The lowest BCUT2D eigenvalue weighted by Crippen LogP contribution is -2.27. The van der Waals surface area contributed by atoms with Gasteiger partial charge in [0.15, 0.2) is 0 Å². The average molecular weight is 231 g/mol. The van der Waals surface area contributed by atoms with E-state index in [1.807, 2.05) is 12.3 Å². The number of aromatic nitrogens is 1. The molecule has 0 amide bonds. The molecule has 0 saturated heterocycles. The zero-order chi connectivity index (χ0) is 12.6. The minimum absolute atomic E-state index is 0.111. The highest BCUT2D eigenvalue weighted by Crippen LogP contribution is 2.41. The summed E-state index contributed by atoms with van der Waals surface area (Å²) in [5.41, 5.74) is 2.44. The topological polar surface area (TPSA) is 25.2 Å². The quantitative estimate of drug-likeness (QED) is 0.777. The molecular weight excluding hydrogens is 210 g/mol. The van der Waals surface area contributed by atoms with Crippen molar-refractivity contribution in [1.82, 2.24) is 4.57 Å². The molecule has 0 aromatic carbocycles. The Balaban J connectivity index is 2.44. The molecule has 1 aromatic heterocycles. The largest absolute Gasteiger partial charge is 0.388 e. The van der Waals surface area contributed by atoms with Crippen molar-refractivity contribution in [3.63, 3.8) is 0 Å². The monoisotopic (exact) mass is 231 g/mol. The van der Waals surface area contributed by atoms with Crippen molar-refractivity contribution in [3.8, 4) is 12.3 Å². The van der Waals surface area contributed by atoms with Gasteiger partial charge in [-0.3, -0.25) is 0 Å². The number of aliphatic hydroxyl groups is 1. The second-order valence-electron chi connectivity index (χ2n) is 5.78. The first kappa shape index (κ1) is 12.3. The Morgan fingerprint density at radius 3 is 2.94 bits per heavy atom. The molecule has 2 nitrogen and oxygen atoms in total. The van der Waals surface area contributed by atoms with Gasteiger partial charge < -0.3 is 9.67 Å². The first-order chi connectivity index (χ1) is 7.98. The molecule has 2 heteroatoms. The minimum Gasteiger partial charge on any atom is -0.388 e. The van der Waals surface area contributed by atoms with Crippen molar-refractivity contribution in [2.75, 3.05) is 0 Å². The van der Waals surface area contributed by atoms with E-state index in [-0.39, 0.29) is 17.6 Å². The summed E-state index contributed by atoms with van der Waals surface area (Å²) in [6.07, 6.45) is 10.0. The number of rotatable bonds is 2. The lowest BCUT2D eigenvalue weighted by molar-refractivity contribution is 0.0977. The van der Waals surface area contributed by atoms with Gasteiger partial charge in [-0.25, -0.2) is 0 Å². The standard InChI is InChI=1S/C15H21NO/c1-5-11(6-2)16-8-7-12-13(16)9-15(3,4)10-14(12)17/h1,7-8,11,14,17H,6,9-10H2,2-4H3. The van der Waals surface area contributed by atoms with Crippen LogP contribution < -0.4 is 0 Å². The van der Waals surface area contributed by atoms with E-state index in [0.717, 1.165) is 24.8 Å². The summed E-state index contributed by atoms with van der Waals surface area (Å²) in [6, 6.07) is 2.13. The Labute approximate surface area is 104 Å². The molecule has 0 fully saturated rings. The Bertz CT molecular complexity index is 450. The van der Waals surface area contributed by atoms with Crippen molar-refractivity contribution < 1.29 is 5.11 Å². The lowest BCUT2D eigenvalue weighted by Gasteiger charge is -2.34. The van der Waals surface area contributed by atoms with Crippen LogP contribution >= 0.6 is 0 Å². The molecule has 2 unspecified atom stereocenters. The summed E-state index contributed by atoms with van der Waals surface area (Å²) >= 11 is 0. The van der Waals surface area contributed by atoms with E-state index >= 15 is 0 Å². The van der Waals surface area contributed by atoms with E-state index < -0.39 is 0 Å². The maximum atomic E-state index is 10.2. The van der Waals surface area contributed by atoms with Gasteiger partial charge in [0.25, 0.3) is 0 Å². The van der Waals surface area contributed by atoms with Crippen LogP contribution in [0, 0.1) is 17.8 Å². The van der Waals surface area contributed by atoms with Gasteiger partial charge in [0.2, 0.25) is 0 Å². The third kappa shape index (κ3) is 2.12. The molecule has 2 atom stereocenters. The highest BCUT2D eigenvalue weighted by Gasteiger charge is 2.33. The van der Waals surface area contributed by atoms with E-state index in [4.69, 9.17) is 6.42 Å². The van der Waals surface area contributed by atoms with Crippen LogP contribution in [0.4, 0.5) is 0 Å². The van der Waals surface area contributed by atoms with Crippen LogP contribution in [0.1, 0.15) is 57.0 Å². The fourth-order valence-electron chi connectivity index (χ4n) is 2.84. The molecular formula is C15H21NO. The number of hydrogen-bond acceptors (Lipinski definition) is 1. The summed E-state index contributed by atoms with van der Waals surface area (Å²) in [7, 11) is 0. The number of nitrogens with zero attached hydrogens (tertiary/aromatic N) is 1. The molecule has 1 aliphatic carbocycles. The van der Waals surface area contributed by atoms with Gasteiger partial charge in [0.05, 0.1) is 12.1 Å². The first-order valence-electron chi connectivity index (χ1n) is 6.32. The van der Waals surface area contributed by atoms with Crippen LogP contribution in [0.15, 0.2) is 12.3 Å². The fourth-order valence-corrected chi connectivity index (χ4v) is 2.84. The van der Waals surface area contributed by atoms with Crippen LogP contribution in [0.2, 0.25) is 0 Å². The Morgan fingerprint density at radius 2 is 2.35 bits per heavy atom. The first-order valence-corrected chi connectivity index (χ1v) is 6.32. The van der Waals surface area contributed by atoms with Gasteiger partial charge in [-0.05, 0) is 30.7 Å². The van der Waals surface area contributed by atoms with E-state index in [1.165, 1.54) is 5.69 Å². The minimum atomic E-state index is -0.342. The molecule has 1 N–H and O–H groups in total. The molecule has 0 radical (unpaired) electrons. The molecule has 0 spiro atoms. The highest BCUT2D eigenvalue weighted by atomic mass is 16.3. The van der Waals surface area contributed by atoms with Crippen LogP contribution in [-0.2, 0) is 6.42 Å². The van der Waals surface area contributed by atoms with Gasteiger partial charge in [0, 0.05) is 17.5 Å². The molecule has 0 saturated carbocycles. The zero-order valence-corrected chi connectivity index (χ0v) is 10.9. The zero-order valence-electron chi connectivity index (χ0n) is 10.9. The van der Waals surface area contributed by atoms with Crippen molar-refractivity contribution in [1.29, 1.82) is 0 Å². The van der Waals surface area contributed by atoms with Gasteiger partial charge in [-0.2, -0.15) is 0 Å². The van der Waals surface area contributed by atoms with Crippen molar-refractivity contribution in [3.05, 3.63) is 23.5 Å². The highest BCUT2D eigenvalue weighted by molar-refractivity contribution is 5.30. The molecule has 92 valence electrons. The van der Waals surface area contributed by atoms with E-state index in [0.29, 0.717) is 0 Å². The third-order valence-corrected chi connectivity index (χ3v) is 3.73. The molecule has 0 bridgehead atoms. The maximum absolute atomic E-state index is 10.2. The summed E-state index contributed by atoms with van der Waals surface area (Å²) in [6.45, 7) is 6.50. The molecule has 1 aliphatic rings. The smallest absolute Gasteiger partial charge is 0.0938 e. The van der Waals surface area contributed by atoms with Crippen LogP contribution in [-0.4, -0.2) is 9.67 Å². The summed E-state index contributed by atoms with van der Waals surface area (Å²) in [4.78, 5) is 0. The van der Waals surface area contributed by atoms with Crippen molar-refractivity contribution in [2.24, 2.45) is 5.41 Å². The van der Waals surface area contributed by atoms with Crippen LogP contribution in [0.25, 0.3) is 0 Å². The Kier molecular flexibility index (Phi) is 3.05. The van der Waals surface area contributed by atoms with Gasteiger partial charge in [-0.15, -0.1) is 6.42 Å². The van der Waals surface area contributed by atoms with Crippen LogP contribution in [0.3, 0.4) is 0 Å². The van der Waals surface area contributed by atoms with Gasteiger partial charge in [-0.1, -0.05) is 26.7 Å². The fraction of sp³-hybridized carbons (Fsp3) is 0.600. The summed E-state index contributed by atoms with van der Waals surface area (Å²) < 4.78 is 2.17. The second kappa shape index (κ2) is 4.23. The van der Waals surface area contributed by atoms with Crippen LogP contribution in [0.5, 0.6) is 0 Å². The van der Waals surface area contributed by atoms with Gasteiger partial charge >= 0.3 is 0 Å². The number of aliphatic hydroxyl groups excluding tert-OH is 1. The summed E-state index contributed by atoms with van der Waals surface area (Å²) in [5, 5.41) is 10.2. The lowest BCUT2D eigenvalue weighted by atomic mass is 9.75. The number of terminal acetylenes is 1. The Hall–Kier alpha value is -1.20. The normalized spacial score (nSPS) is 23.8. The predicted molar refractivity (Wildman–Crippen MR) is 69.7 cm³/mol. The average Bonchev–Trinajstić information content (AvgIpc) is 2.62. The maximum Gasteiger partial charge on any atom is 0.0938 e. The van der Waals surface area contributed by atoms with E-state index in [2.05, 4.69) is 31.3 Å². The van der Waals surface area contributed by atoms with E-state index in [1.54, 1.807) is 0 Å². The molecule has 17 heavy (non-hydrogen) atoms. The molecule has 2 rings (SSSR count). The third-order valence-electron chi connectivity index (χ3n) is 3.73. The number of hydrogen-bond donors (Lipinski definition) is 1. The van der Waals surface area contributed by atoms with Crippen molar-refractivity contribution >= 4 is 0 Å². The molecule has 0 aliphatic heterocycles. The van der Waals surface area contributed by atoms with Gasteiger partial charge in [0.1, 0.15) is 0 Å².